The fourth-order valence-electron chi connectivity index (χ4n) is 2.80. The van der Waals surface area contributed by atoms with Gasteiger partial charge in [-0.25, -0.2) is 0 Å². The van der Waals surface area contributed by atoms with E-state index in [-0.39, 0.29) is 5.91 Å². The molecule has 0 bridgehead atoms. The van der Waals surface area contributed by atoms with Crippen molar-refractivity contribution in [2.45, 2.75) is 13.0 Å². The summed E-state index contributed by atoms with van der Waals surface area (Å²) in [5.74, 6) is 1.38. The molecule has 0 aromatic heterocycles. The van der Waals surface area contributed by atoms with Gasteiger partial charge in [0.1, 0.15) is 6.54 Å². The van der Waals surface area contributed by atoms with Crippen molar-refractivity contribution < 1.29 is 19.2 Å². The molecule has 0 heterocycles. The molecule has 2 N–H and O–H groups in total. The third-order valence-corrected chi connectivity index (χ3v) is 4.73. The van der Waals surface area contributed by atoms with Crippen LogP contribution in [0.4, 0.5) is 0 Å². The van der Waals surface area contributed by atoms with Crippen molar-refractivity contribution >= 4 is 29.1 Å². The molecule has 0 saturated carbocycles. The van der Waals surface area contributed by atoms with Crippen molar-refractivity contribution in [1.82, 2.24) is 5.32 Å². The molecule has 5 nitrogen and oxygen atoms in total. The van der Waals surface area contributed by atoms with Gasteiger partial charge in [-0.1, -0.05) is 29.3 Å². The monoisotopic (exact) mass is 411 g/mol. The number of likely N-dealkylation sites (N-methyl/N-ethyl adjacent to an activating group) is 1. The van der Waals surface area contributed by atoms with E-state index < -0.39 is 0 Å². The van der Waals surface area contributed by atoms with Gasteiger partial charge in [0.15, 0.2) is 18.0 Å². The summed E-state index contributed by atoms with van der Waals surface area (Å²) >= 11 is 12.0. The average molecular weight is 412 g/mol. The number of halogens is 2. The van der Waals surface area contributed by atoms with Crippen LogP contribution < -0.4 is 19.7 Å². The molecule has 1 amide bonds. The summed E-state index contributed by atoms with van der Waals surface area (Å²) in [5.41, 5.74) is 2.04. The van der Waals surface area contributed by atoms with Gasteiger partial charge in [0.2, 0.25) is 0 Å². The van der Waals surface area contributed by atoms with E-state index in [4.69, 9.17) is 32.7 Å². The summed E-state index contributed by atoms with van der Waals surface area (Å²) in [4.78, 5) is 13.2. The number of nitrogens with one attached hydrogen (secondary N) is 2. The second-order valence-electron chi connectivity index (χ2n) is 6.34. The molecule has 7 heteroatoms. The lowest BCUT2D eigenvalue weighted by Gasteiger charge is -2.15. The standard InChI is InChI=1S/C20H24Cl2N2O3/c1-24(12-14-4-7-18(26-2)19(10-14)27-3)13-20(25)23-9-8-15-5-6-16(21)11-17(15)22/h4-7,10-11H,8-9,12-13H2,1-3H3,(H,23,25)/p+1. The molecule has 2 aromatic rings. The summed E-state index contributed by atoms with van der Waals surface area (Å²) in [7, 11) is 5.20. The lowest BCUT2D eigenvalue weighted by atomic mass is 10.1. The smallest absolute Gasteiger partial charge is 0.275 e. The Morgan fingerprint density at radius 1 is 1.07 bits per heavy atom. The largest absolute Gasteiger partial charge is 0.493 e. The molecule has 27 heavy (non-hydrogen) atoms. The summed E-state index contributed by atoms with van der Waals surface area (Å²) in [6, 6.07) is 11.2. The zero-order chi connectivity index (χ0) is 19.8. The zero-order valence-corrected chi connectivity index (χ0v) is 17.3. The minimum atomic E-state index is -0.00179. The van der Waals surface area contributed by atoms with Crippen LogP contribution in [0.5, 0.6) is 11.5 Å². The van der Waals surface area contributed by atoms with Crippen LogP contribution in [-0.4, -0.2) is 40.3 Å². The van der Waals surface area contributed by atoms with Crippen LogP contribution in [0.1, 0.15) is 11.1 Å². The Balaban J connectivity index is 1.79. The third-order valence-electron chi connectivity index (χ3n) is 4.15. The minimum Gasteiger partial charge on any atom is -0.493 e. The fourth-order valence-corrected chi connectivity index (χ4v) is 3.30. The Bertz CT molecular complexity index is 784. The van der Waals surface area contributed by atoms with Gasteiger partial charge in [-0.3, -0.25) is 4.79 Å². The Morgan fingerprint density at radius 3 is 2.48 bits per heavy atom. The number of carbonyl (C=O) groups excluding carboxylic acids is 1. The quantitative estimate of drug-likeness (QED) is 0.665. The average Bonchev–Trinajstić information content (AvgIpc) is 2.63. The van der Waals surface area contributed by atoms with Gasteiger partial charge in [-0.15, -0.1) is 0 Å². The van der Waals surface area contributed by atoms with Crippen molar-refractivity contribution in [3.05, 3.63) is 57.6 Å². The number of quaternary nitrogens is 1. The van der Waals surface area contributed by atoms with Gasteiger partial charge in [0.05, 0.1) is 21.3 Å². The number of rotatable bonds is 9. The SMILES string of the molecule is COc1ccc(C[NH+](C)CC(=O)NCCc2ccc(Cl)cc2Cl)cc1OC. The molecule has 0 aliphatic rings. The molecule has 0 aliphatic carbocycles. The predicted octanol–water partition coefficient (Wildman–Crippen LogP) is 2.38. The molecule has 0 spiro atoms. The first-order valence-corrected chi connectivity index (χ1v) is 9.41. The number of hydrogen-bond acceptors (Lipinski definition) is 3. The maximum atomic E-state index is 12.2. The van der Waals surface area contributed by atoms with Crippen LogP contribution in [0, 0.1) is 0 Å². The maximum absolute atomic E-state index is 12.2. The van der Waals surface area contributed by atoms with Gasteiger partial charge in [0.25, 0.3) is 5.91 Å². The molecule has 1 atom stereocenters. The number of hydrogen-bond donors (Lipinski definition) is 2. The van der Waals surface area contributed by atoms with Gasteiger partial charge < -0.3 is 19.7 Å². The number of amides is 1. The van der Waals surface area contributed by atoms with Crippen molar-refractivity contribution in [2.24, 2.45) is 0 Å². The van der Waals surface area contributed by atoms with E-state index in [1.54, 1.807) is 26.4 Å². The van der Waals surface area contributed by atoms with Crippen molar-refractivity contribution in [3.8, 4) is 11.5 Å². The van der Waals surface area contributed by atoms with Crippen LogP contribution in [0.2, 0.25) is 10.0 Å². The lowest BCUT2D eigenvalue weighted by molar-refractivity contribution is -0.885. The summed E-state index contributed by atoms with van der Waals surface area (Å²) < 4.78 is 10.6. The first-order valence-electron chi connectivity index (χ1n) is 8.65. The van der Waals surface area contributed by atoms with Crippen molar-refractivity contribution in [1.29, 1.82) is 0 Å². The van der Waals surface area contributed by atoms with E-state index in [0.29, 0.717) is 47.6 Å². The number of carbonyl (C=O) groups is 1. The minimum absolute atomic E-state index is 0.00179. The molecule has 2 aromatic carbocycles. The Morgan fingerprint density at radius 2 is 1.81 bits per heavy atom. The van der Waals surface area contributed by atoms with Crippen molar-refractivity contribution in [3.63, 3.8) is 0 Å². The van der Waals surface area contributed by atoms with Crippen LogP contribution in [0.25, 0.3) is 0 Å². The highest BCUT2D eigenvalue weighted by atomic mass is 35.5. The number of benzene rings is 2. The first kappa shape index (κ1) is 21.4. The van der Waals surface area contributed by atoms with E-state index in [9.17, 15) is 4.79 Å². The molecule has 146 valence electrons. The second-order valence-corrected chi connectivity index (χ2v) is 7.18. The number of ether oxygens (including phenoxy) is 2. The topological polar surface area (TPSA) is 52.0 Å². The summed E-state index contributed by atoms with van der Waals surface area (Å²) in [5, 5.41) is 4.16. The van der Waals surface area contributed by atoms with Gasteiger partial charge in [-0.05, 0) is 42.3 Å². The van der Waals surface area contributed by atoms with Crippen LogP contribution in [-0.2, 0) is 17.8 Å². The molecule has 0 aliphatic heterocycles. The normalized spacial score (nSPS) is 11.7. The zero-order valence-electron chi connectivity index (χ0n) is 15.8. The summed E-state index contributed by atoms with van der Waals surface area (Å²) in [6.45, 7) is 1.61. The van der Waals surface area contributed by atoms with E-state index in [1.165, 1.54) is 0 Å². The molecular weight excluding hydrogens is 387 g/mol. The van der Waals surface area contributed by atoms with E-state index >= 15 is 0 Å². The molecule has 0 fully saturated rings. The van der Waals surface area contributed by atoms with Crippen LogP contribution in [0.15, 0.2) is 36.4 Å². The lowest BCUT2D eigenvalue weighted by Crippen LogP contribution is -3.08. The van der Waals surface area contributed by atoms with E-state index in [0.717, 1.165) is 16.0 Å². The highest BCUT2D eigenvalue weighted by molar-refractivity contribution is 6.35. The van der Waals surface area contributed by atoms with Crippen molar-refractivity contribution in [2.75, 3.05) is 34.4 Å². The van der Waals surface area contributed by atoms with Gasteiger partial charge in [0, 0.05) is 22.2 Å². The molecular formula is C20H25Cl2N2O3+. The number of methoxy groups -OCH3 is 2. The molecule has 0 radical (unpaired) electrons. The van der Waals surface area contributed by atoms with Gasteiger partial charge in [-0.2, -0.15) is 0 Å². The van der Waals surface area contributed by atoms with E-state index in [2.05, 4.69) is 5.32 Å². The first-order chi connectivity index (χ1) is 12.9. The predicted molar refractivity (Wildman–Crippen MR) is 108 cm³/mol. The van der Waals surface area contributed by atoms with Gasteiger partial charge >= 0.3 is 0 Å². The Labute approximate surface area is 170 Å². The van der Waals surface area contributed by atoms with E-state index in [1.807, 2.05) is 31.3 Å². The molecule has 1 unspecified atom stereocenters. The summed E-state index contributed by atoms with van der Waals surface area (Å²) in [6.07, 6.45) is 0.663. The molecule has 0 saturated heterocycles. The third kappa shape index (κ3) is 6.61. The second kappa shape index (κ2) is 10.4. The Kier molecular flexibility index (Phi) is 8.23. The highest BCUT2D eigenvalue weighted by Crippen LogP contribution is 2.27. The highest BCUT2D eigenvalue weighted by Gasteiger charge is 2.12. The Hall–Kier alpha value is -1.95. The van der Waals surface area contributed by atoms with Crippen LogP contribution >= 0.6 is 23.2 Å². The molecule has 2 rings (SSSR count). The maximum Gasteiger partial charge on any atom is 0.275 e. The van der Waals surface area contributed by atoms with Crippen LogP contribution in [0.3, 0.4) is 0 Å². The fraction of sp³-hybridized carbons (Fsp3) is 0.350.